The van der Waals surface area contributed by atoms with E-state index >= 15 is 0 Å². The van der Waals surface area contributed by atoms with Gasteiger partial charge in [0, 0.05) is 11.6 Å². The molecule has 88 valence electrons. The van der Waals surface area contributed by atoms with Crippen LogP contribution in [0.4, 0.5) is 0 Å². The molecular formula is C13H12O4. The Morgan fingerprint density at radius 1 is 0.941 bits per heavy atom. The van der Waals surface area contributed by atoms with E-state index in [2.05, 4.69) is 0 Å². The van der Waals surface area contributed by atoms with E-state index in [4.69, 9.17) is 9.84 Å². The van der Waals surface area contributed by atoms with E-state index in [-0.39, 0.29) is 18.1 Å². The second-order valence-corrected chi connectivity index (χ2v) is 3.52. The van der Waals surface area contributed by atoms with Gasteiger partial charge in [0.05, 0.1) is 6.61 Å². The first-order chi connectivity index (χ1) is 8.20. The summed E-state index contributed by atoms with van der Waals surface area (Å²) in [7, 11) is 0. The van der Waals surface area contributed by atoms with Crippen molar-refractivity contribution in [1.29, 1.82) is 0 Å². The molecule has 0 aliphatic rings. The molecule has 4 nitrogen and oxygen atoms in total. The molecular weight excluding hydrogens is 220 g/mol. The third-order valence-electron chi connectivity index (χ3n) is 2.30. The fraction of sp³-hybridized carbons (Fsp3) is 0.0769. The van der Waals surface area contributed by atoms with Crippen LogP contribution in [0.5, 0.6) is 23.0 Å². The monoisotopic (exact) mass is 232 g/mol. The molecule has 17 heavy (non-hydrogen) atoms. The molecule has 0 atom stereocenters. The molecule has 4 heteroatoms. The highest BCUT2D eigenvalue weighted by molar-refractivity contribution is 5.50. The van der Waals surface area contributed by atoms with Crippen LogP contribution >= 0.6 is 0 Å². The molecule has 0 spiro atoms. The molecule has 0 fully saturated rings. The van der Waals surface area contributed by atoms with E-state index in [9.17, 15) is 10.2 Å². The molecule has 2 rings (SSSR count). The molecule has 2 aromatic carbocycles. The molecule has 0 unspecified atom stereocenters. The number of hydrogen-bond acceptors (Lipinski definition) is 4. The topological polar surface area (TPSA) is 69.9 Å². The summed E-state index contributed by atoms with van der Waals surface area (Å²) < 4.78 is 5.51. The van der Waals surface area contributed by atoms with Crippen LogP contribution in [-0.2, 0) is 6.61 Å². The van der Waals surface area contributed by atoms with Crippen LogP contribution in [0, 0.1) is 0 Å². The van der Waals surface area contributed by atoms with E-state index in [1.165, 1.54) is 12.1 Å². The number of benzene rings is 2. The van der Waals surface area contributed by atoms with Crippen LogP contribution < -0.4 is 4.74 Å². The van der Waals surface area contributed by atoms with Gasteiger partial charge in [0.1, 0.15) is 11.5 Å². The highest BCUT2D eigenvalue weighted by atomic mass is 16.5. The van der Waals surface area contributed by atoms with Crippen molar-refractivity contribution in [2.45, 2.75) is 6.61 Å². The number of hydrogen-bond donors (Lipinski definition) is 3. The first-order valence-corrected chi connectivity index (χ1v) is 5.09. The van der Waals surface area contributed by atoms with Crippen LogP contribution in [0.25, 0.3) is 0 Å². The predicted molar refractivity (Wildman–Crippen MR) is 62.2 cm³/mol. The average Bonchev–Trinajstić information content (AvgIpc) is 2.35. The van der Waals surface area contributed by atoms with E-state index in [0.29, 0.717) is 17.1 Å². The minimum absolute atomic E-state index is 0.282. The Hall–Kier alpha value is -2.20. The first-order valence-electron chi connectivity index (χ1n) is 5.09. The number of phenols is 2. The standard InChI is InChI=1S/C13H12O4/c14-8-9-6-11(15)12(16)7-13(9)17-10-4-2-1-3-5-10/h1-7,14-16H,8H2. The van der Waals surface area contributed by atoms with Gasteiger partial charge in [0.15, 0.2) is 11.5 Å². The van der Waals surface area contributed by atoms with Gasteiger partial charge in [0.2, 0.25) is 0 Å². The number of rotatable bonds is 3. The fourth-order valence-electron chi connectivity index (χ4n) is 1.43. The Balaban J connectivity index is 2.35. The Bertz CT molecular complexity index is 508. The maximum Gasteiger partial charge on any atom is 0.161 e. The largest absolute Gasteiger partial charge is 0.504 e. The molecule has 0 aliphatic heterocycles. The summed E-state index contributed by atoms with van der Waals surface area (Å²) in [6.07, 6.45) is 0. The van der Waals surface area contributed by atoms with Crippen LogP contribution in [0.3, 0.4) is 0 Å². The zero-order chi connectivity index (χ0) is 12.3. The van der Waals surface area contributed by atoms with Crippen molar-refractivity contribution in [3.05, 3.63) is 48.0 Å². The molecule has 0 saturated heterocycles. The summed E-state index contributed by atoms with van der Waals surface area (Å²) in [5.74, 6) is 0.337. The number of ether oxygens (including phenoxy) is 1. The van der Waals surface area contributed by atoms with Gasteiger partial charge < -0.3 is 20.1 Å². The second kappa shape index (κ2) is 4.76. The lowest BCUT2D eigenvalue weighted by atomic mass is 10.2. The van der Waals surface area contributed by atoms with Gasteiger partial charge in [-0.15, -0.1) is 0 Å². The number of aliphatic hydroxyl groups is 1. The normalized spacial score (nSPS) is 10.2. The minimum Gasteiger partial charge on any atom is -0.504 e. The van der Waals surface area contributed by atoms with Gasteiger partial charge in [-0.05, 0) is 18.2 Å². The van der Waals surface area contributed by atoms with Crippen LogP contribution in [0.2, 0.25) is 0 Å². The molecule has 0 heterocycles. The van der Waals surface area contributed by atoms with Crippen LogP contribution in [0.15, 0.2) is 42.5 Å². The van der Waals surface area contributed by atoms with Crippen molar-refractivity contribution in [2.24, 2.45) is 0 Å². The molecule has 2 aromatic rings. The first kappa shape index (κ1) is 11.3. The van der Waals surface area contributed by atoms with Gasteiger partial charge in [-0.1, -0.05) is 18.2 Å². The number of aliphatic hydroxyl groups excluding tert-OH is 1. The van der Waals surface area contributed by atoms with E-state index in [1.54, 1.807) is 12.1 Å². The minimum atomic E-state index is -0.284. The van der Waals surface area contributed by atoms with Gasteiger partial charge in [-0.2, -0.15) is 0 Å². The van der Waals surface area contributed by atoms with Crippen LogP contribution in [-0.4, -0.2) is 15.3 Å². The van der Waals surface area contributed by atoms with E-state index in [0.717, 1.165) is 0 Å². The van der Waals surface area contributed by atoms with Crippen molar-refractivity contribution in [1.82, 2.24) is 0 Å². The summed E-state index contributed by atoms with van der Waals surface area (Å²) in [5.41, 5.74) is 0.407. The summed E-state index contributed by atoms with van der Waals surface area (Å²) in [4.78, 5) is 0. The van der Waals surface area contributed by atoms with Crippen molar-refractivity contribution in [3.8, 4) is 23.0 Å². The smallest absolute Gasteiger partial charge is 0.161 e. The Morgan fingerprint density at radius 2 is 1.59 bits per heavy atom. The number of phenolic OH excluding ortho intramolecular Hbond substituents is 2. The summed E-state index contributed by atoms with van der Waals surface area (Å²) in [6, 6.07) is 11.5. The third kappa shape index (κ3) is 2.49. The summed E-state index contributed by atoms with van der Waals surface area (Å²) in [5, 5.41) is 27.8. The summed E-state index contributed by atoms with van der Waals surface area (Å²) in [6.45, 7) is -0.282. The lowest BCUT2D eigenvalue weighted by molar-refractivity contribution is 0.275. The molecule has 0 saturated carbocycles. The highest BCUT2D eigenvalue weighted by Gasteiger charge is 2.09. The van der Waals surface area contributed by atoms with Crippen molar-refractivity contribution >= 4 is 0 Å². The lowest BCUT2D eigenvalue weighted by Crippen LogP contribution is -1.91. The molecule has 3 N–H and O–H groups in total. The maximum atomic E-state index is 9.39. The van der Waals surface area contributed by atoms with Gasteiger partial charge in [-0.25, -0.2) is 0 Å². The fourth-order valence-corrected chi connectivity index (χ4v) is 1.43. The molecule has 0 aromatic heterocycles. The average molecular weight is 232 g/mol. The maximum absolute atomic E-state index is 9.39. The van der Waals surface area contributed by atoms with Crippen molar-refractivity contribution in [2.75, 3.05) is 0 Å². The lowest BCUT2D eigenvalue weighted by Gasteiger charge is -2.11. The second-order valence-electron chi connectivity index (χ2n) is 3.52. The van der Waals surface area contributed by atoms with Crippen molar-refractivity contribution < 1.29 is 20.1 Å². The SMILES string of the molecule is OCc1cc(O)c(O)cc1Oc1ccccc1. The Morgan fingerprint density at radius 3 is 2.24 bits per heavy atom. The predicted octanol–water partition coefficient (Wildman–Crippen LogP) is 2.38. The molecule has 0 bridgehead atoms. The van der Waals surface area contributed by atoms with Gasteiger partial charge in [0.25, 0.3) is 0 Å². The third-order valence-corrected chi connectivity index (χ3v) is 2.30. The Labute approximate surface area is 98.3 Å². The zero-order valence-electron chi connectivity index (χ0n) is 9.00. The highest BCUT2D eigenvalue weighted by Crippen LogP contribution is 2.35. The van der Waals surface area contributed by atoms with Gasteiger partial charge >= 0.3 is 0 Å². The van der Waals surface area contributed by atoms with Crippen LogP contribution in [0.1, 0.15) is 5.56 Å². The van der Waals surface area contributed by atoms with E-state index < -0.39 is 0 Å². The van der Waals surface area contributed by atoms with Gasteiger partial charge in [-0.3, -0.25) is 0 Å². The molecule has 0 aliphatic carbocycles. The van der Waals surface area contributed by atoms with Crippen molar-refractivity contribution in [3.63, 3.8) is 0 Å². The zero-order valence-corrected chi connectivity index (χ0v) is 9.00. The molecule has 0 amide bonds. The number of para-hydroxylation sites is 1. The Kier molecular flexibility index (Phi) is 3.16. The quantitative estimate of drug-likeness (QED) is 0.710. The molecule has 0 radical (unpaired) electrons. The van der Waals surface area contributed by atoms with E-state index in [1.807, 2.05) is 18.2 Å². The number of aromatic hydroxyl groups is 2. The summed E-state index contributed by atoms with van der Waals surface area (Å²) >= 11 is 0.